The molecule has 0 amide bonds. The quantitative estimate of drug-likeness (QED) is 0.512. The number of benzene rings is 2. The number of carboxylic acid groups (broad SMARTS) is 1. The lowest BCUT2D eigenvalue weighted by atomic mass is 10.0. The van der Waals surface area contributed by atoms with Crippen molar-refractivity contribution in [3.05, 3.63) is 90.8 Å². The first-order valence-electron chi connectivity index (χ1n) is 8.53. The zero-order valence-electron chi connectivity index (χ0n) is 14.5. The second-order valence-corrected chi connectivity index (χ2v) is 6.89. The van der Waals surface area contributed by atoms with Crippen LogP contribution in [0.1, 0.15) is 21.5 Å². The molecule has 0 saturated carbocycles. The maximum atomic E-state index is 12.9. The van der Waals surface area contributed by atoms with Crippen molar-refractivity contribution in [2.45, 2.75) is 12.8 Å². The van der Waals surface area contributed by atoms with Gasteiger partial charge in [-0.3, -0.25) is 14.6 Å². The molecule has 7 heteroatoms. The summed E-state index contributed by atoms with van der Waals surface area (Å²) in [6.45, 7) is 0. The number of aromatic amines is 1. The zero-order valence-corrected chi connectivity index (χ0v) is 15.2. The Labute approximate surface area is 163 Å². The lowest BCUT2D eigenvalue weighted by molar-refractivity contribution is 0.0695. The van der Waals surface area contributed by atoms with E-state index in [1.165, 1.54) is 0 Å². The molecule has 0 aliphatic heterocycles. The van der Waals surface area contributed by atoms with Crippen molar-refractivity contribution in [1.29, 1.82) is 0 Å². The molecule has 6 nitrogen and oxygen atoms in total. The van der Waals surface area contributed by atoms with Crippen molar-refractivity contribution >= 4 is 39.6 Å². The van der Waals surface area contributed by atoms with Crippen LogP contribution < -0.4 is 11.0 Å². The third-order valence-electron chi connectivity index (χ3n) is 4.57. The Bertz CT molecular complexity index is 1350. The number of aromatic carboxylic acids is 1. The molecule has 0 bridgehead atoms. The molecule has 0 aliphatic carbocycles. The lowest BCUT2D eigenvalue weighted by Gasteiger charge is -2.06. The third kappa shape index (κ3) is 3.30. The van der Waals surface area contributed by atoms with Gasteiger partial charge in [0.1, 0.15) is 11.1 Å². The molecule has 2 aromatic carbocycles. The summed E-state index contributed by atoms with van der Waals surface area (Å²) in [7, 11) is 0. The number of hydrogen-bond acceptors (Lipinski definition) is 4. The van der Waals surface area contributed by atoms with Crippen LogP contribution in [0.25, 0.3) is 22.1 Å². The van der Waals surface area contributed by atoms with Crippen molar-refractivity contribution in [3.63, 3.8) is 0 Å². The van der Waals surface area contributed by atoms with E-state index in [1.54, 1.807) is 12.1 Å². The van der Waals surface area contributed by atoms with Crippen LogP contribution in [0, 0.1) is 0 Å². The molecule has 0 saturated heterocycles. The topological polar surface area (TPSA) is 100 Å². The minimum atomic E-state index is -1.40. The van der Waals surface area contributed by atoms with Crippen LogP contribution in [-0.4, -0.2) is 16.1 Å². The Morgan fingerprint density at radius 2 is 1.75 bits per heavy atom. The van der Waals surface area contributed by atoms with Gasteiger partial charge in [-0.05, 0) is 54.3 Å². The Morgan fingerprint density at radius 1 is 1.00 bits per heavy atom. The van der Waals surface area contributed by atoms with E-state index < -0.39 is 17.1 Å². The summed E-state index contributed by atoms with van der Waals surface area (Å²) in [4.78, 5) is 38.2. The molecule has 2 heterocycles. The number of aryl methyl sites for hydroxylation is 2. The summed E-state index contributed by atoms with van der Waals surface area (Å²) < 4.78 is 5.61. The first kappa shape index (κ1) is 18.0. The minimum absolute atomic E-state index is 0.0245. The smallest absolute Gasteiger partial charge is 0.341 e. The van der Waals surface area contributed by atoms with Crippen molar-refractivity contribution in [1.82, 2.24) is 4.98 Å². The molecule has 0 radical (unpaired) electrons. The van der Waals surface area contributed by atoms with Crippen molar-refractivity contribution in [3.8, 4) is 0 Å². The van der Waals surface area contributed by atoms with E-state index in [2.05, 4.69) is 4.98 Å². The van der Waals surface area contributed by atoms with Gasteiger partial charge in [-0.2, -0.15) is 0 Å². The highest BCUT2D eigenvalue weighted by Crippen LogP contribution is 2.20. The van der Waals surface area contributed by atoms with Gasteiger partial charge < -0.3 is 9.52 Å². The molecular weight excluding hydrogens is 382 g/mol. The first-order chi connectivity index (χ1) is 13.4. The average molecular weight is 396 g/mol. The molecule has 140 valence electrons. The van der Waals surface area contributed by atoms with E-state index in [9.17, 15) is 14.4 Å². The number of halogens is 1. The van der Waals surface area contributed by atoms with Crippen molar-refractivity contribution in [2.75, 3.05) is 0 Å². The maximum absolute atomic E-state index is 12.9. The second kappa shape index (κ2) is 6.98. The highest BCUT2D eigenvalue weighted by molar-refractivity contribution is 6.30. The van der Waals surface area contributed by atoms with Crippen LogP contribution in [0.3, 0.4) is 0 Å². The highest BCUT2D eigenvalue weighted by atomic mass is 35.5. The molecule has 28 heavy (non-hydrogen) atoms. The molecule has 0 spiro atoms. The summed E-state index contributed by atoms with van der Waals surface area (Å²) in [6.07, 6.45) is 1.45. The summed E-state index contributed by atoms with van der Waals surface area (Å²) in [6, 6.07) is 13.9. The van der Waals surface area contributed by atoms with E-state index >= 15 is 0 Å². The average Bonchev–Trinajstić information content (AvgIpc) is 2.66. The fourth-order valence-corrected chi connectivity index (χ4v) is 3.37. The number of hydrogen-bond donors (Lipinski definition) is 2. The van der Waals surface area contributed by atoms with Gasteiger partial charge in [-0.25, -0.2) is 4.79 Å². The number of carboxylic acids is 1. The van der Waals surface area contributed by atoms with E-state index in [0.29, 0.717) is 22.4 Å². The number of nitrogens with one attached hydrogen (secondary N) is 1. The highest BCUT2D eigenvalue weighted by Gasteiger charge is 2.15. The monoisotopic (exact) mass is 395 g/mol. The predicted molar refractivity (Wildman–Crippen MR) is 106 cm³/mol. The standard InChI is InChI=1S/C21H14ClNO5/c22-13-3-1-2-11(8-13)4-5-12-6-7-17-14(9-12)18(24)15-10-16(21(26)27)19(25)23-20(15)28-17/h1-3,6-10H,4-5H2,(H,23,25)(H,26,27). The summed E-state index contributed by atoms with van der Waals surface area (Å²) in [5, 5.41) is 10.1. The number of pyridine rings is 1. The fraction of sp³-hybridized carbons (Fsp3) is 0.0952. The van der Waals surface area contributed by atoms with Crippen LogP contribution in [0.4, 0.5) is 0 Å². The zero-order chi connectivity index (χ0) is 19.8. The summed E-state index contributed by atoms with van der Waals surface area (Å²) in [5.74, 6) is -1.40. The normalized spacial score (nSPS) is 11.2. The molecule has 4 rings (SSSR count). The van der Waals surface area contributed by atoms with Gasteiger partial charge in [0, 0.05) is 5.02 Å². The van der Waals surface area contributed by atoms with Gasteiger partial charge >= 0.3 is 5.97 Å². The van der Waals surface area contributed by atoms with Crippen LogP contribution in [0.2, 0.25) is 5.02 Å². The largest absolute Gasteiger partial charge is 0.477 e. The first-order valence-corrected chi connectivity index (χ1v) is 8.91. The lowest BCUT2D eigenvalue weighted by Crippen LogP contribution is -2.19. The summed E-state index contributed by atoms with van der Waals surface area (Å²) >= 11 is 6.01. The van der Waals surface area contributed by atoms with Crippen LogP contribution in [-0.2, 0) is 12.8 Å². The minimum Gasteiger partial charge on any atom is -0.477 e. The second-order valence-electron chi connectivity index (χ2n) is 6.45. The van der Waals surface area contributed by atoms with E-state index in [0.717, 1.165) is 23.6 Å². The number of carbonyl (C=O) groups is 1. The van der Waals surface area contributed by atoms with Gasteiger partial charge in [0.25, 0.3) is 5.56 Å². The number of H-pyrrole nitrogens is 1. The number of fused-ring (bicyclic) bond motifs is 2. The van der Waals surface area contributed by atoms with Gasteiger partial charge in [-0.1, -0.05) is 29.8 Å². The van der Waals surface area contributed by atoms with Crippen LogP contribution >= 0.6 is 11.6 Å². The molecule has 0 unspecified atom stereocenters. The van der Waals surface area contributed by atoms with E-state index in [-0.39, 0.29) is 16.5 Å². The molecule has 0 fully saturated rings. The van der Waals surface area contributed by atoms with Gasteiger partial charge in [0.2, 0.25) is 11.1 Å². The SMILES string of the molecule is O=C(O)c1cc2c(=O)c3cc(CCc4cccc(Cl)c4)ccc3oc2[nH]c1=O. The third-order valence-corrected chi connectivity index (χ3v) is 4.81. The Balaban J connectivity index is 1.77. The van der Waals surface area contributed by atoms with Crippen molar-refractivity contribution in [2.24, 2.45) is 0 Å². The van der Waals surface area contributed by atoms with Gasteiger partial charge in [-0.15, -0.1) is 0 Å². The van der Waals surface area contributed by atoms with Crippen LogP contribution in [0.15, 0.2) is 62.5 Å². The Kier molecular flexibility index (Phi) is 4.49. The molecule has 2 aromatic heterocycles. The van der Waals surface area contributed by atoms with Gasteiger partial charge in [0.05, 0.1) is 10.8 Å². The fourth-order valence-electron chi connectivity index (χ4n) is 3.16. The Hall–Kier alpha value is -3.38. The molecule has 2 N–H and O–H groups in total. The molecular formula is C21H14ClNO5. The van der Waals surface area contributed by atoms with E-state index in [1.807, 2.05) is 30.3 Å². The molecule has 4 aromatic rings. The van der Waals surface area contributed by atoms with Crippen LogP contribution in [0.5, 0.6) is 0 Å². The summed E-state index contributed by atoms with van der Waals surface area (Å²) in [5.41, 5.74) is 0.585. The Morgan fingerprint density at radius 3 is 2.46 bits per heavy atom. The molecule has 0 aliphatic rings. The maximum Gasteiger partial charge on any atom is 0.341 e. The van der Waals surface area contributed by atoms with Crippen molar-refractivity contribution < 1.29 is 14.3 Å². The van der Waals surface area contributed by atoms with E-state index in [4.69, 9.17) is 21.1 Å². The number of rotatable bonds is 4. The predicted octanol–water partition coefficient (Wildman–Crippen LogP) is 3.77. The number of aromatic nitrogens is 1. The van der Waals surface area contributed by atoms with Gasteiger partial charge in [0.15, 0.2) is 0 Å². The molecule has 0 atom stereocenters.